The molecule has 136 valence electrons. The minimum absolute atomic E-state index is 0. The number of halogens is 2. The Morgan fingerprint density at radius 1 is 1.20 bits per heavy atom. The lowest BCUT2D eigenvalue weighted by Gasteiger charge is -2.20. The molecular formula is C17H21ClIN3O3. The van der Waals surface area contributed by atoms with Crippen LogP contribution in [-0.4, -0.2) is 32.8 Å². The van der Waals surface area contributed by atoms with E-state index in [0.29, 0.717) is 36.3 Å². The average Bonchev–Trinajstić information content (AvgIpc) is 3.11. The summed E-state index contributed by atoms with van der Waals surface area (Å²) in [6.07, 6.45) is 4.15. The molecule has 3 rings (SSSR count). The first kappa shape index (κ1) is 19.7. The third kappa shape index (κ3) is 5.43. The van der Waals surface area contributed by atoms with E-state index >= 15 is 0 Å². The number of hydrogen-bond acceptors (Lipinski definition) is 4. The summed E-state index contributed by atoms with van der Waals surface area (Å²) in [7, 11) is 1.74. The zero-order valence-electron chi connectivity index (χ0n) is 13.9. The van der Waals surface area contributed by atoms with Crippen LogP contribution in [0.1, 0.15) is 11.1 Å². The summed E-state index contributed by atoms with van der Waals surface area (Å²) in [5.41, 5.74) is 2.15. The lowest BCUT2D eigenvalue weighted by atomic mass is 10.1. The van der Waals surface area contributed by atoms with E-state index in [2.05, 4.69) is 15.6 Å². The minimum Gasteiger partial charge on any atom is -0.486 e. The topological polar surface area (TPSA) is 68.0 Å². The number of guanidine groups is 1. The van der Waals surface area contributed by atoms with Crippen molar-refractivity contribution >= 4 is 41.5 Å². The highest BCUT2D eigenvalue weighted by molar-refractivity contribution is 14.0. The largest absolute Gasteiger partial charge is 0.486 e. The van der Waals surface area contributed by atoms with E-state index in [-0.39, 0.29) is 24.0 Å². The van der Waals surface area contributed by atoms with Gasteiger partial charge in [0.15, 0.2) is 17.5 Å². The van der Waals surface area contributed by atoms with Crippen molar-refractivity contribution in [2.45, 2.75) is 13.0 Å². The molecular weight excluding hydrogens is 457 g/mol. The fraction of sp³-hybridized carbons (Fsp3) is 0.353. The van der Waals surface area contributed by atoms with Crippen LogP contribution in [-0.2, 0) is 13.0 Å². The molecule has 6 nitrogen and oxygen atoms in total. The second kappa shape index (κ2) is 9.76. The maximum atomic E-state index is 6.25. The SMILES string of the molecule is CN=C(NCCc1cc(Cl)c2c(c1)OCCO2)NCc1ccoc1.I. The van der Waals surface area contributed by atoms with Gasteiger partial charge in [-0.25, -0.2) is 0 Å². The van der Waals surface area contributed by atoms with E-state index in [9.17, 15) is 0 Å². The molecule has 8 heteroatoms. The number of fused-ring (bicyclic) bond motifs is 1. The summed E-state index contributed by atoms with van der Waals surface area (Å²) in [4.78, 5) is 4.20. The number of hydrogen-bond donors (Lipinski definition) is 2. The molecule has 2 N–H and O–H groups in total. The van der Waals surface area contributed by atoms with E-state index < -0.39 is 0 Å². The summed E-state index contributed by atoms with van der Waals surface area (Å²) in [5.74, 6) is 2.09. The van der Waals surface area contributed by atoms with Crippen molar-refractivity contribution in [2.24, 2.45) is 4.99 Å². The van der Waals surface area contributed by atoms with E-state index in [0.717, 1.165) is 30.1 Å². The molecule has 2 aromatic rings. The molecule has 1 aliphatic heterocycles. The zero-order valence-corrected chi connectivity index (χ0v) is 17.0. The molecule has 0 radical (unpaired) electrons. The van der Waals surface area contributed by atoms with Gasteiger partial charge in [0.05, 0.1) is 17.5 Å². The Kier molecular flexibility index (Phi) is 7.70. The molecule has 1 aromatic heterocycles. The molecule has 25 heavy (non-hydrogen) atoms. The van der Waals surface area contributed by atoms with Crippen LogP contribution in [0.4, 0.5) is 0 Å². The van der Waals surface area contributed by atoms with Crippen molar-refractivity contribution in [3.8, 4) is 11.5 Å². The van der Waals surface area contributed by atoms with Crippen LogP contribution < -0.4 is 20.1 Å². The summed E-state index contributed by atoms with van der Waals surface area (Å²) >= 11 is 6.25. The highest BCUT2D eigenvalue weighted by Crippen LogP contribution is 2.38. The van der Waals surface area contributed by atoms with Gasteiger partial charge in [0.2, 0.25) is 0 Å². The molecule has 1 aliphatic rings. The normalized spacial score (nSPS) is 13.1. The second-order valence-corrected chi connectivity index (χ2v) is 5.74. The number of aliphatic imine (C=N–C) groups is 1. The number of benzene rings is 1. The molecule has 2 heterocycles. The number of furan rings is 1. The Balaban J connectivity index is 0.00000225. The van der Waals surface area contributed by atoms with E-state index in [1.54, 1.807) is 19.6 Å². The first-order valence-corrected chi connectivity index (χ1v) is 8.17. The number of ether oxygens (including phenoxy) is 2. The van der Waals surface area contributed by atoms with Gasteiger partial charge in [-0.1, -0.05) is 11.6 Å². The maximum absolute atomic E-state index is 6.25. The molecule has 0 atom stereocenters. The summed E-state index contributed by atoms with van der Waals surface area (Å²) < 4.78 is 16.2. The van der Waals surface area contributed by atoms with Crippen LogP contribution in [0.25, 0.3) is 0 Å². The van der Waals surface area contributed by atoms with Gasteiger partial charge < -0.3 is 24.5 Å². The average molecular weight is 478 g/mol. The van der Waals surface area contributed by atoms with Crippen LogP contribution in [0.5, 0.6) is 11.5 Å². The molecule has 0 saturated carbocycles. The lowest BCUT2D eigenvalue weighted by Crippen LogP contribution is -2.37. The predicted molar refractivity (Wildman–Crippen MR) is 108 cm³/mol. The second-order valence-electron chi connectivity index (χ2n) is 5.34. The van der Waals surface area contributed by atoms with Gasteiger partial charge in [-0.2, -0.15) is 0 Å². The number of nitrogens with zero attached hydrogens (tertiary/aromatic N) is 1. The Labute approximate surface area is 169 Å². The monoisotopic (exact) mass is 477 g/mol. The minimum atomic E-state index is 0. The fourth-order valence-electron chi connectivity index (χ4n) is 2.43. The number of nitrogens with one attached hydrogen (secondary N) is 2. The van der Waals surface area contributed by atoms with Gasteiger partial charge in [0.1, 0.15) is 13.2 Å². The smallest absolute Gasteiger partial charge is 0.191 e. The summed E-state index contributed by atoms with van der Waals surface area (Å²) in [6, 6.07) is 5.81. The van der Waals surface area contributed by atoms with Gasteiger partial charge in [-0.05, 0) is 30.2 Å². The van der Waals surface area contributed by atoms with Gasteiger partial charge in [-0.3, -0.25) is 4.99 Å². The van der Waals surface area contributed by atoms with Gasteiger partial charge in [-0.15, -0.1) is 24.0 Å². The van der Waals surface area contributed by atoms with Crippen molar-refractivity contribution in [1.29, 1.82) is 0 Å². The van der Waals surface area contributed by atoms with Crippen LogP contribution in [0.3, 0.4) is 0 Å². The zero-order chi connectivity index (χ0) is 16.8. The van der Waals surface area contributed by atoms with Gasteiger partial charge in [0.25, 0.3) is 0 Å². The first-order valence-electron chi connectivity index (χ1n) is 7.80. The molecule has 1 aromatic carbocycles. The molecule has 0 fully saturated rings. The number of rotatable bonds is 5. The van der Waals surface area contributed by atoms with Crippen LogP contribution in [0.15, 0.2) is 40.1 Å². The van der Waals surface area contributed by atoms with Crippen molar-refractivity contribution in [2.75, 3.05) is 26.8 Å². The van der Waals surface area contributed by atoms with E-state index in [1.165, 1.54) is 0 Å². The maximum Gasteiger partial charge on any atom is 0.191 e. The van der Waals surface area contributed by atoms with Crippen LogP contribution in [0.2, 0.25) is 5.02 Å². The highest BCUT2D eigenvalue weighted by atomic mass is 127. The van der Waals surface area contributed by atoms with Crippen molar-refractivity contribution in [3.63, 3.8) is 0 Å². The van der Waals surface area contributed by atoms with Gasteiger partial charge >= 0.3 is 0 Å². The first-order chi connectivity index (χ1) is 11.8. The van der Waals surface area contributed by atoms with E-state index in [4.69, 9.17) is 25.5 Å². The fourth-order valence-corrected chi connectivity index (χ4v) is 2.72. The molecule has 0 saturated heterocycles. The molecule has 0 bridgehead atoms. The predicted octanol–water partition coefficient (Wildman–Crippen LogP) is 3.23. The van der Waals surface area contributed by atoms with E-state index in [1.807, 2.05) is 18.2 Å². The van der Waals surface area contributed by atoms with Gasteiger partial charge in [0, 0.05) is 25.7 Å². The standard InChI is InChI=1S/C17H20ClN3O3.HI/c1-19-17(21-10-13-3-5-22-11-13)20-4-2-12-8-14(18)16-15(9-12)23-6-7-24-16;/h3,5,8-9,11H,2,4,6-7,10H2,1H3,(H2,19,20,21);1H. The van der Waals surface area contributed by atoms with Crippen molar-refractivity contribution in [1.82, 2.24) is 10.6 Å². The Morgan fingerprint density at radius 3 is 2.80 bits per heavy atom. The Hall–Kier alpha value is -1.61. The molecule has 0 aliphatic carbocycles. The Morgan fingerprint density at radius 2 is 2.04 bits per heavy atom. The Bertz CT molecular complexity index is 707. The highest BCUT2D eigenvalue weighted by Gasteiger charge is 2.16. The molecule has 0 unspecified atom stereocenters. The van der Waals surface area contributed by atoms with Crippen molar-refractivity contribution in [3.05, 3.63) is 46.9 Å². The molecule has 0 spiro atoms. The van der Waals surface area contributed by atoms with Crippen LogP contribution >= 0.6 is 35.6 Å². The third-order valence-electron chi connectivity index (χ3n) is 3.63. The summed E-state index contributed by atoms with van der Waals surface area (Å²) in [6.45, 7) is 2.47. The molecule has 0 amide bonds. The lowest BCUT2D eigenvalue weighted by molar-refractivity contribution is 0.171. The summed E-state index contributed by atoms with van der Waals surface area (Å²) in [5, 5.41) is 7.09. The third-order valence-corrected chi connectivity index (χ3v) is 3.91. The quantitative estimate of drug-likeness (QED) is 0.393. The van der Waals surface area contributed by atoms with Crippen LogP contribution in [0, 0.1) is 0 Å². The van der Waals surface area contributed by atoms with Crippen molar-refractivity contribution < 1.29 is 13.9 Å².